The lowest BCUT2D eigenvalue weighted by atomic mass is 9.72. The second-order valence-electron chi connectivity index (χ2n) is 11.4. The van der Waals surface area contributed by atoms with Crippen LogP contribution in [0.25, 0.3) is 0 Å². The molecule has 4 nitrogen and oxygen atoms in total. The summed E-state index contributed by atoms with van der Waals surface area (Å²) in [7, 11) is 2.27. The lowest BCUT2D eigenvalue weighted by Crippen LogP contribution is -2.50. The van der Waals surface area contributed by atoms with Crippen molar-refractivity contribution in [1.82, 2.24) is 0 Å². The highest BCUT2D eigenvalue weighted by atomic mass is 16.5. The second kappa shape index (κ2) is 11.0. The number of hydrogen-bond acceptors (Lipinski definition) is 3. The predicted octanol–water partition coefficient (Wildman–Crippen LogP) is 5.18. The maximum Gasteiger partial charge on any atom is 0.126 e. The molecule has 0 bridgehead atoms. The average Bonchev–Trinajstić information content (AvgIpc) is 2.84. The van der Waals surface area contributed by atoms with E-state index in [1.54, 1.807) is 0 Å². The number of ether oxygens (including phenoxy) is 2. The summed E-state index contributed by atoms with van der Waals surface area (Å²) in [6.07, 6.45) is 5.92. The summed E-state index contributed by atoms with van der Waals surface area (Å²) >= 11 is 0. The monoisotopic (exact) mass is 420 g/mol. The zero-order chi connectivity index (χ0) is 22.3. The Morgan fingerprint density at radius 3 is 2.10 bits per heavy atom. The van der Waals surface area contributed by atoms with E-state index in [9.17, 15) is 5.11 Å². The van der Waals surface area contributed by atoms with Crippen LogP contribution in [0.3, 0.4) is 0 Å². The van der Waals surface area contributed by atoms with Crippen molar-refractivity contribution in [2.24, 2.45) is 5.41 Å². The highest BCUT2D eigenvalue weighted by Gasteiger charge is 2.28. The smallest absolute Gasteiger partial charge is 0.126 e. The first-order chi connectivity index (χ1) is 14.0. The largest absolute Gasteiger partial charge is 0.491 e. The Hall–Kier alpha value is -1.10. The summed E-state index contributed by atoms with van der Waals surface area (Å²) in [6.45, 7) is 16.0. The van der Waals surface area contributed by atoms with Crippen molar-refractivity contribution in [2.75, 3.05) is 46.5 Å². The minimum Gasteiger partial charge on any atom is -0.491 e. The van der Waals surface area contributed by atoms with Gasteiger partial charge in [-0.3, -0.25) is 0 Å². The van der Waals surface area contributed by atoms with E-state index in [4.69, 9.17) is 9.47 Å². The van der Waals surface area contributed by atoms with E-state index < -0.39 is 6.10 Å². The van der Waals surface area contributed by atoms with Crippen molar-refractivity contribution in [3.63, 3.8) is 0 Å². The Labute approximate surface area is 185 Å². The number of aliphatic hydroxyl groups excluding tert-OH is 1. The van der Waals surface area contributed by atoms with E-state index in [2.05, 4.69) is 65.9 Å². The third kappa shape index (κ3) is 8.95. The molecule has 1 fully saturated rings. The van der Waals surface area contributed by atoms with Gasteiger partial charge in [0.25, 0.3) is 0 Å². The maximum atomic E-state index is 10.4. The number of quaternary nitrogens is 1. The van der Waals surface area contributed by atoms with Crippen LogP contribution >= 0.6 is 0 Å². The fourth-order valence-electron chi connectivity index (χ4n) is 5.06. The normalized spacial score (nSPS) is 18.6. The minimum atomic E-state index is -0.405. The Morgan fingerprint density at radius 2 is 1.53 bits per heavy atom. The lowest BCUT2D eigenvalue weighted by molar-refractivity contribution is -0.911. The molecule has 0 aliphatic carbocycles. The minimum absolute atomic E-state index is 0.141. The SMILES string of the molecule is CC(C)(C)CC(C)(C)c1ccc(OCCOCC(O)C[N+]2(C)CCCCCC2)cc1. The average molecular weight is 421 g/mol. The van der Waals surface area contributed by atoms with Gasteiger partial charge in [0.05, 0.1) is 33.4 Å². The molecule has 2 rings (SSSR count). The summed E-state index contributed by atoms with van der Waals surface area (Å²) < 4.78 is 12.5. The van der Waals surface area contributed by atoms with E-state index in [1.807, 2.05) is 0 Å². The van der Waals surface area contributed by atoms with Crippen molar-refractivity contribution < 1.29 is 19.1 Å². The third-order valence-electron chi connectivity index (χ3n) is 6.21. The number of hydrogen-bond donors (Lipinski definition) is 1. The summed E-state index contributed by atoms with van der Waals surface area (Å²) in [5.74, 6) is 0.872. The molecular formula is C26H46NO3+. The van der Waals surface area contributed by atoms with Crippen molar-refractivity contribution in [3.05, 3.63) is 29.8 Å². The number of likely N-dealkylation sites (N-methyl/N-ethyl adjacent to an activating group) is 1. The number of rotatable bonds is 10. The lowest BCUT2D eigenvalue weighted by Gasteiger charge is -2.35. The van der Waals surface area contributed by atoms with Crippen LogP contribution in [0.4, 0.5) is 0 Å². The first kappa shape index (κ1) is 25.2. The molecule has 1 aromatic carbocycles. The number of likely N-dealkylation sites (tertiary alicyclic amines) is 1. The maximum absolute atomic E-state index is 10.4. The first-order valence-corrected chi connectivity index (χ1v) is 11.8. The molecule has 0 radical (unpaired) electrons. The molecule has 1 saturated heterocycles. The highest BCUT2D eigenvalue weighted by molar-refractivity contribution is 5.31. The standard InChI is InChI=1S/C26H46NO3/c1-25(2,3)21-26(4,5)22-11-13-24(14-12-22)30-18-17-29-20-23(28)19-27(6)15-9-7-8-10-16-27/h11-14,23,28H,7-10,15-21H2,1-6H3/q+1. The number of benzene rings is 1. The first-order valence-electron chi connectivity index (χ1n) is 11.8. The summed E-state index contributed by atoms with van der Waals surface area (Å²) in [5, 5.41) is 10.4. The van der Waals surface area contributed by atoms with Crippen molar-refractivity contribution in [3.8, 4) is 5.75 Å². The van der Waals surface area contributed by atoms with Crippen molar-refractivity contribution >= 4 is 0 Å². The summed E-state index contributed by atoms with van der Waals surface area (Å²) in [5.41, 5.74) is 1.78. The second-order valence-corrected chi connectivity index (χ2v) is 11.4. The quantitative estimate of drug-likeness (QED) is 0.419. The molecule has 1 aromatic rings. The van der Waals surface area contributed by atoms with Crippen molar-refractivity contribution in [2.45, 2.75) is 78.2 Å². The molecule has 4 heteroatoms. The molecule has 1 aliphatic heterocycles. The Bertz CT molecular complexity index is 610. The molecule has 172 valence electrons. The van der Waals surface area contributed by atoms with Gasteiger partial charge in [-0.1, -0.05) is 46.8 Å². The molecule has 1 heterocycles. The van der Waals surface area contributed by atoms with Crippen LogP contribution in [0.5, 0.6) is 5.75 Å². The van der Waals surface area contributed by atoms with Gasteiger partial charge in [0.1, 0.15) is 25.0 Å². The number of nitrogens with zero attached hydrogens (tertiary/aromatic N) is 1. The molecular weight excluding hydrogens is 374 g/mol. The summed E-state index contributed by atoms with van der Waals surface area (Å²) in [4.78, 5) is 0. The van der Waals surface area contributed by atoms with Crippen molar-refractivity contribution in [1.29, 1.82) is 0 Å². The molecule has 0 amide bonds. The predicted molar refractivity (Wildman–Crippen MR) is 125 cm³/mol. The van der Waals surface area contributed by atoms with E-state index in [1.165, 1.54) is 44.3 Å². The zero-order valence-corrected chi connectivity index (χ0v) is 20.4. The third-order valence-corrected chi connectivity index (χ3v) is 6.21. The molecule has 1 atom stereocenters. The fraction of sp³-hybridized carbons (Fsp3) is 0.769. The fourth-order valence-corrected chi connectivity index (χ4v) is 5.06. The summed E-state index contributed by atoms with van der Waals surface area (Å²) in [6, 6.07) is 8.46. The van der Waals surface area contributed by atoms with Crippen LogP contribution in [-0.4, -0.2) is 62.2 Å². The van der Waals surface area contributed by atoms with Gasteiger partial charge < -0.3 is 19.1 Å². The van der Waals surface area contributed by atoms with Gasteiger partial charge in [0, 0.05) is 0 Å². The van der Waals surface area contributed by atoms with Crippen LogP contribution in [0.1, 0.15) is 72.3 Å². The Balaban J connectivity index is 1.68. The molecule has 1 N–H and O–H groups in total. The van der Waals surface area contributed by atoms with Crippen LogP contribution in [-0.2, 0) is 10.2 Å². The van der Waals surface area contributed by atoms with Crippen LogP contribution in [0, 0.1) is 5.41 Å². The van der Waals surface area contributed by atoms with Crippen LogP contribution < -0.4 is 4.74 Å². The van der Waals surface area contributed by atoms with E-state index >= 15 is 0 Å². The van der Waals surface area contributed by atoms with Gasteiger partial charge in [0.15, 0.2) is 0 Å². The number of aliphatic hydroxyl groups is 1. The van der Waals surface area contributed by atoms with Crippen LogP contribution in [0.15, 0.2) is 24.3 Å². The molecule has 1 aliphatic rings. The van der Waals surface area contributed by atoms with Gasteiger partial charge in [0.2, 0.25) is 0 Å². The highest BCUT2D eigenvalue weighted by Crippen LogP contribution is 2.36. The molecule has 0 saturated carbocycles. The van der Waals surface area contributed by atoms with Gasteiger partial charge in [-0.25, -0.2) is 0 Å². The van der Waals surface area contributed by atoms with E-state index in [0.29, 0.717) is 25.2 Å². The van der Waals surface area contributed by atoms with E-state index in [0.717, 1.165) is 23.2 Å². The molecule has 0 spiro atoms. The van der Waals surface area contributed by atoms with Gasteiger partial charge in [-0.15, -0.1) is 0 Å². The Morgan fingerprint density at radius 1 is 0.933 bits per heavy atom. The zero-order valence-electron chi connectivity index (χ0n) is 20.4. The Kier molecular flexibility index (Phi) is 9.20. The van der Waals surface area contributed by atoms with E-state index in [-0.39, 0.29) is 5.41 Å². The molecule has 30 heavy (non-hydrogen) atoms. The van der Waals surface area contributed by atoms with Gasteiger partial charge in [-0.2, -0.15) is 0 Å². The van der Waals surface area contributed by atoms with Gasteiger partial charge >= 0.3 is 0 Å². The topological polar surface area (TPSA) is 38.7 Å². The molecule has 0 aromatic heterocycles. The van der Waals surface area contributed by atoms with Crippen LogP contribution in [0.2, 0.25) is 0 Å². The van der Waals surface area contributed by atoms with Gasteiger partial charge in [-0.05, 0) is 60.6 Å². The molecule has 1 unspecified atom stereocenters.